The molecule has 1 saturated heterocycles. The van der Waals surface area contributed by atoms with Gasteiger partial charge in [-0.15, -0.1) is 11.3 Å². The molecular formula is C8H12N2OS. The third kappa shape index (κ3) is 1.59. The smallest absolute Gasteiger partial charge is 0.111 e. The van der Waals surface area contributed by atoms with Crippen LogP contribution >= 0.6 is 11.3 Å². The maximum atomic E-state index is 9.29. The van der Waals surface area contributed by atoms with Gasteiger partial charge >= 0.3 is 0 Å². The summed E-state index contributed by atoms with van der Waals surface area (Å²) in [5.74, 6) is 0. The maximum absolute atomic E-state index is 9.29. The molecule has 1 fully saturated rings. The largest absolute Gasteiger partial charge is 0.393 e. The molecule has 1 aliphatic heterocycles. The van der Waals surface area contributed by atoms with Gasteiger partial charge in [-0.25, -0.2) is 0 Å². The van der Waals surface area contributed by atoms with Gasteiger partial charge in [0.05, 0.1) is 17.8 Å². The normalized spacial score (nSPS) is 19.9. The van der Waals surface area contributed by atoms with Crippen molar-refractivity contribution in [1.29, 1.82) is 0 Å². The van der Waals surface area contributed by atoms with Crippen molar-refractivity contribution in [3.05, 3.63) is 11.7 Å². The van der Waals surface area contributed by atoms with Gasteiger partial charge in [0, 0.05) is 13.1 Å². The predicted octanol–water partition coefficient (Wildman–Crippen LogP) is 1.10. The molecule has 2 heterocycles. The van der Waals surface area contributed by atoms with Crippen LogP contribution in [0.5, 0.6) is 0 Å². The fourth-order valence-electron chi connectivity index (χ4n) is 1.45. The van der Waals surface area contributed by atoms with Gasteiger partial charge in [-0.3, -0.25) is 4.98 Å². The Balaban J connectivity index is 1.99. The van der Waals surface area contributed by atoms with Crippen molar-refractivity contribution < 1.29 is 5.11 Å². The van der Waals surface area contributed by atoms with Gasteiger partial charge in [0.1, 0.15) is 5.00 Å². The molecule has 4 heteroatoms. The van der Waals surface area contributed by atoms with Gasteiger partial charge in [0.25, 0.3) is 0 Å². The van der Waals surface area contributed by atoms with Crippen molar-refractivity contribution >= 4 is 16.3 Å². The first-order valence-corrected chi connectivity index (χ1v) is 5.06. The average Bonchev–Trinajstić information content (AvgIpc) is 2.58. The summed E-state index contributed by atoms with van der Waals surface area (Å²) in [5.41, 5.74) is 1.85. The van der Waals surface area contributed by atoms with Crippen LogP contribution in [0.3, 0.4) is 0 Å². The van der Waals surface area contributed by atoms with E-state index in [0.717, 1.165) is 25.9 Å². The second-order valence-corrected chi connectivity index (χ2v) is 3.92. The third-order valence-electron chi connectivity index (χ3n) is 2.20. The molecule has 0 saturated carbocycles. The van der Waals surface area contributed by atoms with Gasteiger partial charge in [0.2, 0.25) is 0 Å². The minimum Gasteiger partial charge on any atom is -0.393 e. The van der Waals surface area contributed by atoms with Crippen LogP contribution in [-0.2, 0) is 0 Å². The molecule has 1 aliphatic rings. The molecular weight excluding hydrogens is 172 g/mol. The van der Waals surface area contributed by atoms with E-state index >= 15 is 0 Å². The molecule has 1 aromatic heterocycles. The van der Waals surface area contributed by atoms with Crippen LogP contribution in [0.15, 0.2) is 11.7 Å². The predicted molar refractivity (Wildman–Crippen MR) is 49.6 cm³/mol. The fraction of sp³-hybridized carbons (Fsp3) is 0.625. The van der Waals surface area contributed by atoms with Crippen LogP contribution in [0.4, 0.5) is 5.00 Å². The average molecular weight is 184 g/mol. The van der Waals surface area contributed by atoms with Crippen LogP contribution < -0.4 is 4.90 Å². The Morgan fingerprint density at radius 3 is 2.83 bits per heavy atom. The number of anilines is 1. The first kappa shape index (κ1) is 8.01. The van der Waals surface area contributed by atoms with E-state index in [1.165, 1.54) is 5.00 Å². The third-order valence-corrected chi connectivity index (χ3v) is 3.03. The highest BCUT2D eigenvalue weighted by molar-refractivity contribution is 7.13. The molecule has 1 N–H and O–H groups in total. The lowest BCUT2D eigenvalue weighted by atomic mass is 10.1. The number of piperidine rings is 1. The molecule has 0 bridgehead atoms. The number of hydrogen-bond donors (Lipinski definition) is 1. The number of hydrogen-bond acceptors (Lipinski definition) is 4. The van der Waals surface area contributed by atoms with Gasteiger partial charge < -0.3 is 10.0 Å². The summed E-state index contributed by atoms with van der Waals surface area (Å²) < 4.78 is 0. The lowest BCUT2D eigenvalue weighted by Gasteiger charge is -2.29. The Morgan fingerprint density at radius 2 is 2.25 bits per heavy atom. The molecule has 66 valence electrons. The molecule has 0 aliphatic carbocycles. The summed E-state index contributed by atoms with van der Waals surface area (Å²) in [6.45, 7) is 1.92. The summed E-state index contributed by atoms with van der Waals surface area (Å²) >= 11 is 1.66. The Labute approximate surface area is 75.7 Å². The van der Waals surface area contributed by atoms with Crippen LogP contribution in [0, 0.1) is 0 Å². The highest BCUT2D eigenvalue weighted by atomic mass is 32.1. The Morgan fingerprint density at radius 1 is 1.50 bits per heavy atom. The van der Waals surface area contributed by atoms with Gasteiger partial charge in [-0.1, -0.05) is 0 Å². The summed E-state index contributed by atoms with van der Waals surface area (Å²) in [6.07, 6.45) is 3.58. The number of aromatic nitrogens is 1. The van der Waals surface area contributed by atoms with E-state index in [1.54, 1.807) is 11.3 Å². The SMILES string of the molecule is OC1CCN(c2cncs2)CC1. The van der Waals surface area contributed by atoms with Crippen molar-refractivity contribution in [2.45, 2.75) is 18.9 Å². The molecule has 0 unspecified atom stereocenters. The van der Waals surface area contributed by atoms with Gasteiger partial charge in [-0.2, -0.15) is 0 Å². The second kappa shape index (κ2) is 3.41. The first-order chi connectivity index (χ1) is 5.86. The number of thiazole rings is 1. The minimum absolute atomic E-state index is 0.0887. The summed E-state index contributed by atoms with van der Waals surface area (Å²) in [4.78, 5) is 6.31. The highest BCUT2D eigenvalue weighted by Gasteiger charge is 2.17. The lowest BCUT2D eigenvalue weighted by Crippen LogP contribution is -2.35. The van der Waals surface area contributed by atoms with E-state index < -0.39 is 0 Å². The molecule has 0 aromatic carbocycles. The quantitative estimate of drug-likeness (QED) is 0.710. The van der Waals surface area contributed by atoms with E-state index in [4.69, 9.17) is 0 Å². The van der Waals surface area contributed by atoms with E-state index in [2.05, 4.69) is 9.88 Å². The van der Waals surface area contributed by atoms with E-state index in [9.17, 15) is 5.11 Å². The Bertz CT molecular complexity index is 229. The van der Waals surface area contributed by atoms with E-state index in [1.807, 2.05) is 11.7 Å². The van der Waals surface area contributed by atoms with Crippen molar-refractivity contribution in [2.24, 2.45) is 0 Å². The number of nitrogens with zero attached hydrogens (tertiary/aromatic N) is 2. The van der Waals surface area contributed by atoms with Crippen molar-refractivity contribution in [2.75, 3.05) is 18.0 Å². The zero-order valence-electron chi connectivity index (χ0n) is 6.81. The minimum atomic E-state index is -0.0887. The summed E-state index contributed by atoms with van der Waals surface area (Å²) in [6, 6.07) is 0. The summed E-state index contributed by atoms with van der Waals surface area (Å²) in [5, 5.41) is 10.5. The van der Waals surface area contributed by atoms with E-state index in [0.29, 0.717) is 0 Å². The van der Waals surface area contributed by atoms with Crippen LogP contribution in [0.25, 0.3) is 0 Å². The highest BCUT2D eigenvalue weighted by Crippen LogP contribution is 2.22. The van der Waals surface area contributed by atoms with Crippen molar-refractivity contribution in [1.82, 2.24) is 4.98 Å². The molecule has 3 nitrogen and oxygen atoms in total. The fourth-order valence-corrected chi connectivity index (χ4v) is 2.13. The summed E-state index contributed by atoms with van der Waals surface area (Å²) in [7, 11) is 0. The Hall–Kier alpha value is -0.610. The Kier molecular flexibility index (Phi) is 2.28. The van der Waals surface area contributed by atoms with Crippen LogP contribution in [0.2, 0.25) is 0 Å². The van der Waals surface area contributed by atoms with Crippen molar-refractivity contribution in [3.63, 3.8) is 0 Å². The maximum Gasteiger partial charge on any atom is 0.111 e. The molecule has 12 heavy (non-hydrogen) atoms. The molecule has 1 aromatic rings. The molecule has 0 atom stereocenters. The first-order valence-electron chi connectivity index (χ1n) is 4.18. The molecule has 0 amide bonds. The van der Waals surface area contributed by atoms with E-state index in [-0.39, 0.29) is 6.10 Å². The second-order valence-electron chi connectivity index (χ2n) is 3.06. The van der Waals surface area contributed by atoms with Crippen LogP contribution in [0.1, 0.15) is 12.8 Å². The van der Waals surface area contributed by atoms with Gasteiger partial charge in [0.15, 0.2) is 0 Å². The standard InChI is InChI=1S/C8H12N2OS/c11-7-1-3-10(4-2-7)8-5-9-6-12-8/h5-7,11H,1-4H2. The topological polar surface area (TPSA) is 36.4 Å². The monoisotopic (exact) mass is 184 g/mol. The van der Waals surface area contributed by atoms with Crippen molar-refractivity contribution in [3.8, 4) is 0 Å². The number of rotatable bonds is 1. The zero-order chi connectivity index (χ0) is 8.39. The number of aliphatic hydroxyl groups is 1. The lowest BCUT2D eigenvalue weighted by molar-refractivity contribution is 0.145. The molecule has 0 radical (unpaired) electrons. The van der Waals surface area contributed by atoms with Gasteiger partial charge in [-0.05, 0) is 12.8 Å². The molecule has 0 spiro atoms. The molecule has 2 rings (SSSR count). The van der Waals surface area contributed by atoms with Crippen LogP contribution in [-0.4, -0.2) is 29.3 Å². The number of aliphatic hydroxyl groups excluding tert-OH is 1. The zero-order valence-corrected chi connectivity index (χ0v) is 7.63.